The van der Waals surface area contributed by atoms with Gasteiger partial charge in [0.1, 0.15) is 11.4 Å². The number of nitrogens with one attached hydrogen (secondary N) is 2. The van der Waals surface area contributed by atoms with Crippen molar-refractivity contribution in [2.75, 3.05) is 12.4 Å². The Kier molecular flexibility index (Phi) is 3.38. The number of para-hydroxylation sites is 1. The second kappa shape index (κ2) is 5.13. The zero-order valence-corrected chi connectivity index (χ0v) is 9.64. The molecule has 0 aliphatic heterocycles. The molecule has 18 heavy (non-hydrogen) atoms. The van der Waals surface area contributed by atoms with Crippen molar-refractivity contribution >= 4 is 17.9 Å². The summed E-state index contributed by atoms with van der Waals surface area (Å²) in [5.41, 5.74) is 0.942. The van der Waals surface area contributed by atoms with Gasteiger partial charge in [0.2, 0.25) is 0 Å². The van der Waals surface area contributed by atoms with Crippen LogP contribution in [0.2, 0.25) is 0 Å². The molecule has 0 aliphatic carbocycles. The first kappa shape index (κ1) is 11.8. The number of ether oxygens (including phenoxy) is 1. The molecular formula is C12H11N3O3. The van der Waals surface area contributed by atoms with Crippen molar-refractivity contribution in [3.05, 3.63) is 41.7 Å². The predicted molar refractivity (Wildman–Crippen MR) is 64.9 cm³/mol. The van der Waals surface area contributed by atoms with Gasteiger partial charge in [0, 0.05) is 0 Å². The standard InChI is InChI=1S/C12H11N3O3/c1-18-11-5-3-2-4-8(11)12(17)14-9-6-13-15-10(9)7-16/h2-7H,1H3,(H,13,15)(H,14,17). The third-order valence-corrected chi connectivity index (χ3v) is 2.39. The number of benzene rings is 1. The van der Waals surface area contributed by atoms with Crippen molar-refractivity contribution in [2.45, 2.75) is 0 Å². The van der Waals surface area contributed by atoms with Gasteiger partial charge in [0.05, 0.1) is 24.6 Å². The van der Waals surface area contributed by atoms with Crippen molar-refractivity contribution in [2.24, 2.45) is 0 Å². The van der Waals surface area contributed by atoms with Crippen LogP contribution in [0.3, 0.4) is 0 Å². The topological polar surface area (TPSA) is 84.1 Å². The van der Waals surface area contributed by atoms with Gasteiger partial charge in [0.15, 0.2) is 6.29 Å². The van der Waals surface area contributed by atoms with Gasteiger partial charge in [-0.2, -0.15) is 5.10 Å². The van der Waals surface area contributed by atoms with Crippen molar-refractivity contribution in [1.82, 2.24) is 10.2 Å². The Morgan fingerprint density at radius 1 is 1.44 bits per heavy atom. The number of nitrogens with zero attached hydrogens (tertiary/aromatic N) is 1. The normalized spacial score (nSPS) is 9.83. The van der Waals surface area contributed by atoms with E-state index < -0.39 is 0 Å². The smallest absolute Gasteiger partial charge is 0.259 e. The summed E-state index contributed by atoms with van der Waals surface area (Å²) in [5, 5.41) is 8.75. The molecule has 92 valence electrons. The van der Waals surface area contributed by atoms with Crippen LogP contribution in [-0.2, 0) is 0 Å². The molecule has 1 aromatic heterocycles. The average molecular weight is 245 g/mol. The molecule has 0 fully saturated rings. The fraction of sp³-hybridized carbons (Fsp3) is 0.0833. The summed E-state index contributed by atoms with van der Waals surface area (Å²) < 4.78 is 5.09. The van der Waals surface area contributed by atoms with Crippen LogP contribution in [0.4, 0.5) is 5.69 Å². The maximum Gasteiger partial charge on any atom is 0.259 e. The Hall–Kier alpha value is -2.63. The molecule has 0 atom stereocenters. The number of aldehydes is 1. The first-order chi connectivity index (χ1) is 8.76. The number of hydrogen-bond donors (Lipinski definition) is 2. The molecule has 1 heterocycles. The molecule has 6 heteroatoms. The van der Waals surface area contributed by atoms with Gasteiger partial charge in [-0.3, -0.25) is 14.7 Å². The predicted octanol–water partition coefficient (Wildman–Crippen LogP) is 1.48. The lowest BCUT2D eigenvalue weighted by Gasteiger charge is -2.07. The highest BCUT2D eigenvalue weighted by atomic mass is 16.5. The maximum absolute atomic E-state index is 12.0. The summed E-state index contributed by atoms with van der Waals surface area (Å²) in [6.45, 7) is 0. The monoisotopic (exact) mass is 245 g/mol. The fourth-order valence-corrected chi connectivity index (χ4v) is 1.51. The van der Waals surface area contributed by atoms with Gasteiger partial charge in [-0.15, -0.1) is 0 Å². The van der Waals surface area contributed by atoms with Gasteiger partial charge >= 0.3 is 0 Å². The van der Waals surface area contributed by atoms with Crippen LogP contribution >= 0.6 is 0 Å². The molecule has 1 aromatic carbocycles. The van der Waals surface area contributed by atoms with Crippen LogP contribution in [0.15, 0.2) is 30.5 Å². The minimum atomic E-state index is -0.364. The average Bonchev–Trinajstić information content (AvgIpc) is 2.85. The van der Waals surface area contributed by atoms with E-state index >= 15 is 0 Å². The summed E-state index contributed by atoms with van der Waals surface area (Å²) in [4.78, 5) is 22.7. The zero-order chi connectivity index (χ0) is 13.0. The number of carbonyl (C=O) groups is 2. The van der Waals surface area contributed by atoms with Crippen LogP contribution < -0.4 is 10.1 Å². The summed E-state index contributed by atoms with van der Waals surface area (Å²) in [5.74, 6) is 0.100. The van der Waals surface area contributed by atoms with E-state index in [0.717, 1.165) is 0 Å². The molecule has 0 unspecified atom stereocenters. The summed E-state index contributed by atoms with van der Waals surface area (Å²) in [6.07, 6.45) is 1.96. The van der Waals surface area contributed by atoms with Crippen LogP contribution in [0.1, 0.15) is 20.8 Å². The number of carbonyl (C=O) groups excluding carboxylic acids is 2. The maximum atomic E-state index is 12.0. The molecule has 6 nitrogen and oxygen atoms in total. The number of aromatic amines is 1. The highest BCUT2D eigenvalue weighted by Gasteiger charge is 2.14. The van der Waals surface area contributed by atoms with Crippen LogP contribution in [0.5, 0.6) is 5.75 Å². The highest BCUT2D eigenvalue weighted by molar-refractivity contribution is 6.07. The third-order valence-electron chi connectivity index (χ3n) is 2.39. The minimum Gasteiger partial charge on any atom is -0.496 e. The van der Waals surface area contributed by atoms with E-state index in [9.17, 15) is 9.59 Å². The Morgan fingerprint density at radius 3 is 2.94 bits per heavy atom. The number of anilines is 1. The molecule has 1 amide bonds. The van der Waals surface area contributed by atoms with Crippen LogP contribution in [0.25, 0.3) is 0 Å². The zero-order valence-electron chi connectivity index (χ0n) is 9.64. The lowest BCUT2D eigenvalue weighted by molar-refractivity contribution is 0.102. The van der Waals surface area contributed by atoms with E-state index in [1.54, 1.807) is 24.3 Å². The number of H-pyrrole nitrogens is 1. The Balaban J connectivity index is 2.25. The molecule has 0 radical (unpaired) electrons. The SMILES string of the molecule is COc1ccccc1C(=O)Nc1cn[nH]c1C=O. The first-order valence-electron chi connectivity index (χ1n) is 5.19. The van der Waals surface area contributed by atoms with Crippen molar-refractivity contribution < 1.29 is 14.3 Å². The largest absolute Gasteiger partial charge is 0.496 e. The van der Waals surface area contributed by atoms with E-state index in [1.807, 2.05) is 0 Å². The van der Waals surface area contributed by atoms with Gasteiger partial charge in [-0.25, -0.2) is 0 Å². The van der Waals surface area contributed by atoms with E-state index in [2.05, 4.69) is 15.5 Å². The quantitative estimate of drug-likeness (QED) is 0.799. The van der Waals surface area contributed by atoms with E-state index in [-0.39, 0.29) is 11.6 Å². The molecule has 2 aromatic rings. The van der Waals surface area contributed by atoms with Crippen molar-refractivity contribution in [3.8, 4) is 5.75 Å². The van der Waals surface area contributed by atoms with E-state index in [1.165, 1.54) is 13.3 Å². The van der Waals surface area contributed by atoms with E-state index in [0.29, 0.717) is 23.3 Å². The van der Waals surface area contributed by atoms with Gasteiger partial charge in [-0.1, -0.05) is 12.1 Å². The number of aromatic nitrogens is 2. The highest BCUT2D eigenvalue weighted by Crippen LogP contribution is 2.19. The summed E-state index contributed by atoms with van der Waals surface area (Å²) in [6, 6.07) is 6.82. The number of rotatable bonds is 4. The van der Waals surface area contributed by atoms with Crippen molar-refractivity contribution in [1.29, 1.82) is 0 Å². The summed E-state index contributed by atoms with van der Waals surface area (Å²) in [7, 11) is 1.49. The molecule has 2 rings (SSSR count). The van der Waals surface area contributed by atoms with Gasteiger partial charge in [0.25, 0.3) is 5.91 Å². The molecule has 2 N–H and O–H groups in total. The van der Waals surface area contributed by atoms with Gasteiger partial charge in [-0.05, 0) is 12.1 Å². The molecule has 0 saturated carbocycles. The second-order valence-corrected chi connectivity index (χ2v) is 3.47. The third kappa shape index (κ3) is 2.22. The number of amides is 1. The number of hydrogen-bond acceptors (Lipinski definition) is 4. The Morgan fingerprint density at radius 2 is 2.22 bits per heavy atom. The molecule has 0 bridgehead atoms. The van der Waals surface area contributed by atoms with E-state index in [4.69, 9.17) is 4.74 Å². The molecule has 0 spiro atoms. The Bertz CT molecular complexity index is 577. The minimum absolute atomic E-state index is 0.221. The Labute approximate surface area is 103 Å². The molecular weight excluding hydrogens is 234 g/mol. The van der Waals surface area contributed by atoms with Crippen LogP contribution in [-0.4, -0.2) is 29.5 Å². The van der Waals surface area contributed by atoms with Gasteiger partial charge < -0.3 is 10.1 Å². The lowest BCUT2D eigenvalue weighted by atomic mass is 10.2. The number of methoxy groups -OCH3 is 1. The van der Waals surface area contributed by atoms with Crippen molar-refractivity contribution in [3.63, 3.8) is 0 Å². The second-order valence-electron chi connectivity index (χ2n) is 3.47. The molecule has 0 saturated heterocycles. The lowest BCUT2D eigenvalue weighted by Crippen LogP contribution is -2.13. The van der Waals surface area contributed by atoms with Crippen LogP contribution in [0, 0.1) is 0 Å². The molecule has 0 aliphatic rings. The first-order valence-corrected chi connectivity index (χ1v) is 5.19. The summed E-state index contributed by atoms with van der Waals surface area (Å²) >= 11 is 0. The fourth-order valence-electron chi connectivity index (χ4n) is 1.51.